The molecule has 0 unspecified atom stereocenters. The summed E-state index contributed by atoms with van der Waals surface area (Å²) in [6.07, 6.45) is 2.06. The molecule has 0 radical (unpaired) electrons. The van der Waals surface area contributed by atoms with Crippen LogP contribution in [0.4, 0.5) is 8.78 Å². The lowest BCUT2D eigenvalue weighted by molar-refractivity contribution is 0.0991. The Bertz CT molecular complexity index is 940. The summed E-state index contributed by atoms with van der Waals surface area (Å²) in [5, 5.41) is 0.660. The summed E-state index contributed by atoms with van der Waals surface area (Å²) in [6, 6.07) is 8.15. The van der Waals surface area contributed by atoms with Gasteiger partial charge < -0.3 is 10.5 Å². The van der Waals surface area contributed by atoms with Crippen molar-refractivity contribution in [2.75, 3.05) is 0 Å². The highest BCUT2D eigenvalue weighted by molar-refractivity contribution is 7.18. The van der Waals surface area contributed by atoms with E-state index in [9.17, 15) is 13.6 Å². The number of aryl methyl sites for hydroxylation is 1. The smallest absolute Gasteiger partial charge is 0.254 e. The summed E-state index contributed by atoms with van der Waals surface area (Å²) in [5.41, 5.74) is 6.28. The third-order valence-corrected chi connectivity index (χ3v) is 4.68. The van der Waals surface area contributed by atoms with E-state index in [1.54, 1.807) is 0 Å². The molecule has 1 heterocycles. The van der Waals surface area contributed by atoms with Crippen molar-refractivity contribution in [2.45, 2.75) is 26.4 Å². The Morgan fingerprint density at radius 2 is 2.08 bits per heavy atom. The minimum absolute atomic E-state index is 0.0171. The van der Waals surface area contributed by atoms with Crippen LogP contribution in [0.3, 0.4) is 0 Å². The lowest BCUT2D eigenvalue weighted by Gasteiger charge is -2.08. The highest BCUT2D eigenvalue weighted by Gasteiger charge is 2.19. The van der Waals surface area contributed by atoms with Crippen LogP contribution >= 0.6 is 11.3 Å². The fraction of sp³-hybridized carbons (Fsp3) is 0.222. The second kappa shape index (κ2) is 7.14. The lowest BCUT2D eigenvalue weighted by Crippen LogP contribution is -2.16. The minimum Gasteiger partial charge on any atom is -0.483 e. The van der Waals surface area contributed by atoms with Gasteiger partial charge in [-0.2, -0.15) is 0 Å². The predicted octanol–water partition coefficient (Wildman–Crippen LogP) is 4.20. The minimum atomic E-state index is -1.18. The van der Waals surface area contributed by atoms with E-state index in [4.69, 9.17) is 10.5 Å². The van der Waals surface area contributed by atoms with Crippen LogP contribution < -0.4 is 10.5 Å². The Labute approximate surface area is 147 Å². The third-order valence-electron chi connectivity index (χ3n) is 3.69. The molecule has 0 aliphatic heterocycles. The molecule has 1 aromatic heterocycles. The molecular weight excluding hydrogens is 346 g/mol. The normalized spacial score (nSPS) is 11.0. The van der Waals surface area contributed by atoms with Crippen molar-refractivity contribution in [3.05, 3.63) is 58.1 Å². The quantitative estimate of drug-likeness (QED) is 0.714. The van der Waals surface area contributed by atoms with Gasteiger partial charge in [0.2, 0.25) is 0 Å². The number of fused-ring (bicyclic) bond motifs is 1. The molecule has 0 fully saturated rings. The first-order valence-corrected chi connectivity index (χ1v) is 8.60. The first-order chi connectivity index (χ1) is 12.0. The van der Waals surface area contributed by atoms with Gasteiger partial charge in [0, 0.05) is 0 Å². The molecule has 7 heteroatoms. The molecule has 3 aromatic rings. The first kappa shape index (κ1) is 17.3. The van der Waals surface area contributed by atoms with Crippen LogP contribution in [-0.4, -0.2) is 10.9 Å². The molecule has 1 amide bonds. The number of rotatable bonds is 6. The van der Waals surface area contributed by atoms with Crippen LogP contribution in [0.15, 0.2) is 30.3 Å². The Morgan fingerprint density at radius 1 is 1.28 bits per heavy atom. The first-order valence-electron chi connectivity index (χ1n) is 7.78. The molecule has 0 atom stereocenters. The van der Waals surface area contributed by atoms with E-state index in [-0.39, 0.29) is 12.4 Å². The number of thiazole rings is 1. The highest BCUT2D eigenvalue weighted by Crippen LogP contribution is 2.27. The topological polar surface area (TPSA) is 65.2 Å². The molecule has 0 saturated carbocycles. The van der Waals surface area contributed by atoms with Gasteiger partial charge in [0.05, 0.1) is 10.2 Å². The van der Waals surface area contributed by atoms with Crippen LogP contribution in [0, 0.1) is 11.6 Å². The maximum absolute atomic E-state index is 14.1. The van der Waals surface area contributed by atoms with Gasteiger partial charge in [-0.25, -0.2) is 13.8 Å². The number of carbonyl (C=O) groups excluding carboxylic acids is 1. The summed E-state index contributed by atoms with van der Waals surface area (Å²) < 4.78 is 34.0. The van der Waals surface area contributed by atoms with Gasteiger partial charge in [-0.1, -0.05) is 19.4 Å². The van der Waals surface area contributed by atoms with Crippen molar-refractivity contribution in [3.8, 4) is 5.75 Å². The van der Waals surface area contributed by atoms with Gasteiger partial charge in [0.15, 0.2) is 11.6 Å². The van der Waals surface area contributed by atoms with E-state index in [1.165, 1.54) is 16.9 Å². The van der Waals surface area contributed by atoms with Crippen LogP contribution in [-0.2, 0) is 13.0 Å². The summed E-state index contributed by atoms with van der Waals surface area (Å²) in [5.74, 6) is -3.52. The predicted molar refractivity (Wildman–Crippen MR) is 92.8 cm³/mol. The van der Waals surface area contributed by atoms with Gasteiger partial charge >= 0.3 is 0 Å². The number of hydrogen-bond acceptors (Lipinski definition) is 4. The van der Waals surface area contributed by atoms with E-state index < -0.39 is 23.1 Å². The molecule has 2 N–H and O–H groups in total. The maximum atomic E-state index is 14.1. The number of amides is 1. The molecule has 25 heavy (non-hydrogen) atoms. The number of ether oxygens (including phenoxy) is 1. The van der Waals surface area contributed by atoms with Gasteiger partial charge in [-0.15, -0.1) is 11.3 Å². The van der Waals surface area contributed by atoms with Gasteiger partial charge in [0.25, 0.3) is 5.91 Å². The van der Waals surface area contributed by atoms with Crippen LogP contribution in [0.25, 0.3) is 10.2 Å². The van der Waals surface area contributed by atoms with Crippen LogP contribution in [0.1, 0.15) is 34.3 Å². The van der Waals surface area contributed by atoms with Crippen LogP contribution in [0.5, 0.6) is 5.75 Å². The lowest BCUT2D eigenvalue weighted by atomic mass is 10.1. The Morgan fingerprint density at radius 3 is 2.80 bits per heavy atom. The monoisotopic (exact) mass is 362 g/mol. The van der Waals surface area contributed by atoms with Gasteiger partial charge in [-0.3, -0.25) is 4.79 Å². The average Bonchev–Trinajstić information content (AvgIpc) is 2.96. The van der Waals surface area contributed by atoms with E-state index in [0.29, 0.717) is 5.01 Å². The van der Waals surface area contributed by atoms with Crippen molar-refractivity contribution in [3.63, 3.8) is 0 Å². The molecule has 4 nitrogen and oxygen atoms in total. The number of hydrogen-bond donors (Lipinski definition) is 1. The second-order valence-electron chi connectivity index (χ2n) is 5.55. The van der Waals surface area contributed by atoms with Gasteiger partial charge in [-0.05, 0) is 36.2 Å². The largest absolute Gasteiger partial charge is 0.483 e. The van der Waals surface area contributed by atoms with Gasteiger partial charge in [0.1, 0.15) is 23.0 Å². The standard InChI is InChI=1S/C18H16F2N2O2S/c1-2-3-10-4-6-12-14(8-10)25-15(22-12)9-24-13-7-5-11(19)16(17(13)20)18(21)23/h4-8H,2-3,9H2,1H3,(H2,21,23). The van der Waals surface area contributed by atoms with Crippen molar-refractivity contribution in [1.29, 1.82) is 0 Å². The van der Waals surface area contributed by atoms with Crippen molar-refractivity contribution >= 4 is 27.5 Å². The molecule has 130 valence electrons. The summed E-state index contributed by atoms with van der Waals surface area (Å²) >= 11 is 1.45. The zero-order valence-corrected chi connectivity index (χ0v) is 14.3. The Balaban J connectivity index is 1.81. The molecule has 0 aliphatic carbocycles. The second-order valence-corrected chi connectivity index (χ2v) is 6.66. The molecule has 2 aromatic carbocycles. The number of primary amides is 1. The molecule has 0 spiro atoms. The van der Waals surface area contributed by atoms with Crippen molar-refractivity contribution in [2.24, 2.45) is 5.73 Å². The molecule has 3 rings (SSSR count). The van der Waals surface area contributed by atoms with E-state index in [2.05, 4.69) is 18.0 Å². The number of aromatic nitrogens is 1. The zero-order valence-electron chi connectivity index (χ0n) is 13.5. The summed E-state index contributed by atoms with van der Waals surface area (Å²) in [4.78, 5) is 15.6. The van der Waals surface area contributed by atoms with Crippen molar-refractivity contribution in [1.82, 2.24) is 4.98 Å². The molecule has 0 bridgehead atoms. The van der Waals surface area contributed by atoms with Crippen LogP contribution in [0.2, 0.25) is 0 Å². The number of nitrogens with two attached hydrogens (primary N) is 1. The number of halogens is 2. The summed E-state index contributed by atoms with van der Waals surface area (Å²) in [6.45, 7) is 2.14. The molecule has 0 aliphatic rings. The fourth-order valence-corrected chi connectivity index (χ4v) is 3.48. The zero-order chi connectivity index (χ0) is 18.0. The summed E-state index contributed by atoms with van der Waals surface area (Å²) in [7, 11) is 0. The molecular formula is C18H16F2N2O2S. The fourth-order valence-electron chi connectivity index (χ4n) is 2.53. The maximum Gasteiger partial charge on any atom is 0.254 e. The van der Waals surface area contributed by atoms with Crippen molar-refractivity contribution < 1.29 is 18.3 Å². The van der Waals surface area contributed by atoms with E-state index >= 15 is 0 Å². The third kappa shape index (κ3) is 3.61. The van der Waals surface area contributed by atoms with E-state index in [1.807, 2.05) is 12.1 Å². The molecule has 0 saturated heterocycles. The number of carbonyl (C=O) groups is 1. The highest BCUT2D eigenvalue weighted by atomic mass is 32.1. The SMILES string of the molecule is CCCc1ccc2nc(COc3ccc(F)c(C(N)=O)c3F)sc2c1. The Kier molecular flexibility index (Phi) is 4.94. The number of nitrogens with zero attached hydrogens (tertiary/aromatic N) is 1. The number of benzene rings is 2. The van der Waals surface area contributed by atoms with E-state index in [0.717, 1.165) is 35.2 Å². The average molecular weight is 362 g/mol. The Hall–Kier alpha value is -2.54.